The van der Waals surface area contributed by atoms with Gasteiger partial charge in [0, 0.05) is 25.1 Å². The van der Waals surface area contributed by atoms with Crippen LogP contribution in [0.15, 0.2) is 65.6 Å². The zero-order valence-corrected chi connectivity index (χ0v) is 19.2. The number of ether oxygens (including phenoxy) is 1. The molecule has 0 fully saturated rings. The number of carboxylic acid groups (broad SMARTS) is 1. The van der Waals surface area contributed by atoms with Gasteiger partial charge in [-0.25, -0.2) is 13.1 Å². The first-order valence-electron chi connectivity index (χ1n) is 10.4. The van der Waals surface area contributed by atoms with E-state index in [0.29, 0.717) is 12.1 Å². The van der Waals surface area contributed by atoms with Gasteiger partial charge in [-0.15, -0.1) is 0 Å². The minimum atomic E-state index is -4.31. The predicted molar refractivity (Wildman–Crippen MR) is 126 cm³/mol. The van der Waals surface area contributed by atoms with E-state index in [1.807, 2.05) is 42.5 Å². The molecule has 0 unspecified atom stereocenters. The van der Waals surface area contributed by atoms with Crippen molar-refractivity contribution in [2.75, 3.05) is 11.9 Å². The van der Waals surface area contributed by atoms with Gasteiger partial charge in [-0.3, -0.25) is 9.59 Å². The van der Waals surface area contributed by atoms with Gasteiger partial charge in [-0.2, -0.15) is 0 Å². The molecule has 0 aromatic heterocycles. The molecule has 0 saturated carbocycles. The maximum Gasteiger partial charge on any atom is 0.305 e. The molecule has 34 heavy (non-hydrogen) atoms. The Labute approximate surface area is 196 Å². The molecule has 0 aliphatic carbocycles. The van der Waals surface area contributed by atoms with Gasteiger partial charge in [-0.1, -0.05) is 42.5 Å². The normalized spacial score (nSPS) is 12.1. The molecule has 1 amide bonds. The zero-order valence-electron chi connectivity index (χ0n) is 18.4. The summed E-state index contributed by atoms with van der Waals surface area (Å²) in [7, 11) is -4.31. The molecule has 3 aromatic rings. The van der Waals surface area contributed by atoms with Crippen LogP contribution in [0.5, 0.6) is 5.75 Å². The van der Waals surface area contributed by atoms with Gasteiger partial charge in [0.2, 0.25) is 15.9 Å². The summed E-state index contributed by atoms with van der Waals surface area (Å²) >= 11 is 0. The van der Waals surface area contributed by atoms with Crippen molar-refractivity contribution in [1.29, 1.82) is 0 Å². The number of fused-ring (bicyclic) bond motifs is 1. The molecule has 0 heterocycles. The van der Waals surface area contributed by atoms with E-state index in [1.165, 1.54) is 25.1 Å². The van der Waals surface area contributed by atoms with E-state index in [4.69, 9.17) is 9.84 Å². The van der Waals surface area contributed by atoms with Gasteiger partial charge in [0.1, 0.15) is 16.9 Å². The number of benzene rings is 3. The van der Waals surface area contributed by atoms with Crippen molar-refractivity contribution in [3.8, 4) is 5.75 Å². The zero-order chi connectivity index (χ0) is 24.7. The number of nitrogens with one attached hydrogen (secondary N) is 2. The Morgan fingerprint density at radius 2 is 1.82 bits per heavy atom. The summed E-state index contributed by atoms with van der Waals surface area (Å²) in [6, 6.07) is 16.3. The van der Waals surface area contributed by atoms with Crippen molar-refractivity contribution in [1.82, 2.24) is 4.72 Å². The number of hydrogen-bond donors (Lipinski definition) is 3. The summed E-state index contributed by atoms with van der Waals surface area (Å²) in [4.78, 5) is 33.3. The molecule has 1 atom stereocenters. The van der Waals surface area contributed by atoms with E-state index >= 15 is 0 Å². The van der Waals surface area contributed by atoms with Crippen LogP contribution in [-0.2, 0) is 30.8 Å². The molecule has 3 N–H and O–H groups in total. The molecule has 0 radical (unpaired) electrons. The van der Waals surface area contributed by atoms with E-state index in [1.54, 1.807) is 0 Å². The number of rotatable bonds is 11. The van der Waals surface area contributed by atoms with Crippen molar-refractivity contribution in [2.24, 2.45) is 0 Å². The lowest BCUT2D eigenvalue weighted by molar-refractivity contribution is -0.138. The first kappa shape index (κ1) is 24.9. The number of aldehydes is 1. The summed E-state index contributed by atoms with van der Waals surface area (Å²) in [5, 5.41) is 13.6. The molecular formula is C24H24N2O7S. The van der Waals surface area contributed by atoms with E-state index in [-0.39, 0.29) is 29.4 Å². The van der Waals surface area contributed by atoms with Crippen molar-refractivity contribution in [3.05, 3.63) is 66.2 Å². The highest BCUT2D eigenvalue weighted by atomic mass is 32.2. The summed E-state index contributed by atoms with van der Waals surface area (Å²) < 4.78 is 33.7. The van der Waals surface area contributed by atoms with E-state index in [2.05, 4.69) is 10.0 Å². The summed E-state index contributed by atoms with van der Waals surface area (Å²) in [6.07, 6.45) is -0.00300. The highest BCUT2D eigenvalue weighted by Crippen LogP contribution is 2.28. The molecular weight excluding hydrogens is 460 g/mol. The average Bonchev–Trinajstić information content (AvgIpc) is 2.78. The van der Waals surface area contributed by atoms with Crippen LogP contribution in [0.1, 0.15) is 18.9 Å². The molecule has 3 aromatic carbocycles. The summed E-state index contributed by atoms with van der Waals surface area (Å²) in [5.74, 6) is -1.72. The van der Waals surface area contributed by atoms with Crippen molar-refractivity contribution >= 4 is 44.6 Å². The number of carboxylic acids is 1. The number of anilines is 1. The monoisotopic (exact) mass is 484 g/mol. The Kier molecular flexibility index (Phi) is 7.98. The number of carbonyl (C=O) groups excluding carboxylic acids is 2. The number of amides is 1. The number of aliphatic carboxylic acids is 1. The fourth-order valence-corrected chi connectivity index (χ4v) is 4.77. The highest BCUT2D eigenvalue weighted by molar-refractivity contribution is 7.89. The van der Waals surface area contributed by atoms with E-state index in [9.17, 15) is 22.8 Å². The third-order valence-corrected chi connectivity index (χ3v) is 6.46. The predicted octanol–water partition coefficient (Wildman–Crippen LogP) is 2.74. The van der Waals surface area contributed by atoms with Gasteiger partial charge in [0.05, 0.1) is 19.1 Å². The molecule has 0 saturated heterocycles. The Morgan fingerprint density at radius 1 is 1.09 bits per heavy atom. The molecule has 0 spiro atoms. The molecule has 0 aliphatic heterocycles. The number of sulfonamides is 1. The van der Waals surface area contributed by atoms with Crippen LogP contribution in [-0.4, -0.2) is 44.3 Å². The smallest absolute Gasteiger partial charge is 0.305 e. The Morgan fingerprint density at radius 3 is 2.53 bits per heavy atom. The van der Waals surface area contributed by atoms with E-state index in [0.717, 1.165) is 16.3 Å². The summed E-state index contributed by atoms with van der Waals surface area (Å²) in [5.41, 5.74) is 1.34. The van der Waals surface area contributed by atoms with Crippen molar-refractivity contribution in [3.63, 3.8) is 0 Å². The Balaban J connectivity index is 1.87. The van der Waals surface area contributed by atoms with Crippen LogP contribution < -0.4 is 14.8 Å². The molecule has 9 nitrogen and oxygen atoms in total. The maximum absolute atomic E-state index is 12.9. The summed E-state index contributed by atoms with van der Waals surface area (Å²) in [6.45, 7) is 1.44. The molecule has 10 heteroatoms. The molecule has 0 aliphatic rings. The van der Waals surface area contributed by atoms with Crippen LogP contribution in [0.25, 0.3) is 10.8 Å². The average molecular weight is 485 g/mol. The first-order valence-corrected chi connectivity index (χ1v) is 11.9. The number of hydrogen-bond acceptors (Lipinski definition) is 6. The van der Waals surface area contributed by atoms with Crippen molar-refractivity contribution in [2.45, 2.75) is 30.7 Å². The van der Waals surface area contributed by atoms with Crippen molar-refractivity contribution < 1.29 is 32.6 Å². The van der Waals surface area contributed by atoms with E-state index < -0.39 is 28.5 Å². The van der Waals surface area contributed by atoms with Crippen LogP contribution in [0.3, 0.4) is 0 Å². The topological polar surface area (TPSA) is 139 Å². The minimum Gasteiger partial charge on any atom is -0.492 e. The van der Waals surface area contributed by atoms with Gasteiger partial charge >= 0.3 is 5.97 Å². The standard InChI is InChI=1S/C24H24N2O7S/c1-16(28)25-19-9-10-23(34(31,32)26-20(15-27)14-24(29)30)22(13-19)33-12-11-18-7-4-6-17-5-2-3-8-21(17)18/h2-10,13,15,20,26H,11-12,14H2,1H3,(H,25,28)(H,29,30)/t20-/m1/s1. The number of carbonyl (C=O) groups is 3. The highest BCUT2D eigenvalue weighted by Gasteiger charge is 2.25. The molecule has 178 valence electrons. The Hall–Kier alpha value is -3.76. The van der Waals surface area contributed by atoms with Crippen LogP contribution >= 0.6 is 0 Å². The maximum atomic E-state index is 12.9. The lowest BCUT2D eigenvalue weighted by Crippen LogP contribution is -2.37. The van der Waals surface area contributed by atoms with Crippen LogP contribution in [0, 0.1) is 0 Å². The van der Waals surface area contributed by atoms with Gasteiger partial charge in [0.15, 0.2) is 0 Å². The second-order valence-corrected chi connectivity index (χ2v) is 9.22. The van der Waals surface area contributed by atoms with Gasteiger partial charge in [0.25, 0.3) is 0 Å². The fourth-order valence-electron chi connectivity index (χ4n) is 3.47. The minimum absolute atomic E-state index is 0.0426. The SMILES string of the molecule is CC(=O)Nc1ccc(S(=O)(=O)N[C@@H](C=O)CC(=O)O)c(OCCc2cccc3ccccc23)c1. The van der Waals surface area contributed by atoms with Gasteiger partial charge < -0.3 is 20.0 Å². The third kappa shape index (κ3) is 6.40. The Bertz CT molecular complexity index is 1320. The molecule has 3 rings (SSSR count). The van der Waals surface area contributed by atoms with Crippen LogP contribution in [0.4, 0.5) is 5.69 Å². The quantitative estimate of drug-likeness (QED) is 0.356. The fraction of sp³-hybridized carbons (Fsp3) is 0.208. The first-order chi connectivity index (χ1) is 16.2. The largest absolute Gasteiger partial charge is 0.492 e. The molecule has 0 bridgehead atoms. The third-order valence-electron chi connectivity index (χ3n) is 4.93. The second kappa shape index (κ2) is 10.9. The van der Waals surface area contributed by atoms with Gasteiger partial charge in [-0.05, 0) is 28.5 Å². The second-order valence-electron chi connectivity index (χ2n) is 7.54. The lowest BCUT2D eigenvalue weighted by Gasteiger charge is -2.16. The van der Waals surface area contributed by atoms with Crippen LogP contribution in [0.2, 0.25) is 0 Å². The lowest BCUT2D eigenvalue weighted by atomic mass is 10.0.